The van der Waals surface area contributed by atoms with E-state index < -0.39 is 0 Å². The predicted octanol–water partition coefficient (Wildman–Crippen LogP) is 4.53. The van der Waals surface area contributed by atoms with Crippen molar-refractivity contribution < 1.29 is 14.3 Å². The average molecular weight is 314 g/mol. The Morgan fingerprint density at radius 2 is 1.12 bits per heavy atom. The van der Waals surface area contributed by atoms with Gasteiger partial charge in [-0.05, 0) is 24.3 Å². The van der Waals surface area contributed by atoms with Crippen molar-refractivity contribution in [2.75, 3.05) is 0 Å². The fourth-order valence-corrected chi connectivity index (χ4v) is 2.76. The van der Waals surface area contributed by atoms with E-state index in [-0.39, 0.29) is 5.78 Å². The van der Waals surface area contributed by atoms with Gasteiger partial charge in [0.15, 0.2) is 0 Å². The van der Waals surface area contributed by atoms with E-state index in [9.17, 15) is 4.79 Å². The van der Waals surface area contributed by atoms with Crippen LogP contribution in [0.1, 0.15) is 11.1 Å². The molecule has 24 heavy (non-hydrogen) atoms. The van der Waals surface area contributed by atoms with Gasteiger partial charge in [-0.15, -0.1) is 0 Å². The number of para-hydroxylation sites is 2. The van der Waals surface area contributed by atoms with Crippen molar-refractivity contribution in [1.29, 1.82) is 0 Å². The highest BCUT2D eigenvalue weighted by Crippen LogP contribution is 2.36. The van der Waals surface area contributed by atoms with Crippen LogP contribution in [-0.4, -0.2) is 5.78 Å². The van der Waals surface area contributed by atoms with E-state index >= 15 is 0 Å². The third-order valence-corrected chi connectivity index (χ3v) is 3.99. The standard InChI is InChI=1S/C21H14O3/c1-13-17(11-15-7-3-5-9-19(15)23-13)21(22)18-12-16-8-4-6-10-20(16)24-14(18)2/h3-12H,1-2H2. The molecule has 0 bridgehead atoms. The Bertz CT molecular complexity index is 883. The maximum atomic E-state index is 13.0. The molecule has 2 aromatic carbocycles. The van der Waals surface area contributed by atoms with Gasteiger partial charge in [-0.2, -0.15) is 0 Å². The number of ether oxygens (including phenoxy) is 2. The molecule has 2 aliphatic heterocycles. The summed E-state index contributed by atoms with van der Waals surface area (Å²) in [5.41, 5.74) is 2.50. The van der Waals surface area contributed by atoms with Crippen LogP contribution >= 0.6 is 0 Å². The summed E-state index contributed by atoms with van der Waals surface area (Å²) in [7, 11) is 0. The molecule has 0 saturated heterocycles. The summed E-state index contributed by atoms with van der Waals surface area (Å²) < 4.78 is 11.4. The van der Waals surface area contributed by atoms with Crippen LogP contribution in [0.4, 0.5) is 0 Å². The molecule has 2 aliphatic rings. The van der Waals surface area contributed by atoms with Crippen molar-refractivity contribution >= 4 is 17.9 Å². The number of ketones is 1. The normalized spacial score (nSPS) is 15.3. The number of hydrogen-bond donors (Lipinski definition) is 0. The van der Waals surface area contributed by atoms with Gasteiger partial charge in [0.05, 0.1) is 11.1 Å². The van der Waals surface area contributed by atoms with Crippen molar-refractivity contribution in [2.45, 2.75) is 0 Å². The van der Waals surface area contributed by atoms with Crippen molar-refractivity contribution in [2.24, 2.45) is 0 Å². The number of carbonyl (C=O) groups excluding carboxylic acids is 1. The third-order valence-electron chi connectivity index (χ3n) is 3.99. The molecule has 2 heterocycles. The molecule has 0 atom stereocenters. The summed E-state index contributed by atoms with van der Waals surface area (Å²) in [6, 6.07) is 15.0. The molecule has 0 unspecified atom stereocenters. The van der Waals surface area contributed by atoms with Crippen molar-refractivity contribution in [3.63, 3.8) is 0 Å². The smallest absolute Gasteiger partial charge is 0.200 e. The van der Waals surface area contributed by atoms with E-state index in [1.54, 1.807) is 12.2 Å². The molecule has 2 aromatic rings. The van der Waals surface area contributed by atoms with Gasteiger partial charge < -0.3 is 9.47 Å². The monoisotopic (exact) mass is 314 g/mol. The first-order valence-corrected chi connectivity index (χ1v) is 7.54. The first-order valence-electron chi connectivity index (χ1n) is 7.54. The molecular weight excluding hydrogens is 300 g/mol. The Morgan fingerprint density at radius 3 is 1.58 bits per heavy atom. The van der Waals surface area contributed by atoms with E-state index in [2.05, 4.69) is 13.2 Å². The molecule has 116 valence electrons. The van der Waals surface area contributed by atoms with Crippen LogP contribution in [0, 0.1) is 0 Å². The van der Waals surface area contributed by atoms with Crippen LogP contribution in [0.15, 0.2) is 84.4 Å². The molecule has 0 amide bonds. The molecule has 0 radical (unpaired) electrons. The number of hydrogen-bond acceptors (Lipinski definition) is 3. The van der Waals surface area contributed by atoms with Crippen molar-refractivity contribution in [3.8, 4) is 11.5 Å². The maximum Gasteiger partial charge on any atom is 0.200 e. The van der Waals surface area contributed by atoms with E-state index in [0.29, 0.717) is 34.2 Å². The molecule has 0 aromatic heterocycles. The van der Waals surface area contributed by atoms with Crippen molar-refractivity contribution in [3.05, 3.63) is 95.5 Å². The van der Waals surface area contributed by atoms with Gasteiger partial charge in [0.2, 0.25) is 5.78 Å². The molecule has 0 aliphatic carbocycles. The second-order valence-corrected chi connectivity index (χ2v) is 5.57. The Kier molecular flexibility index (Phi) is 3.21. The number of Topliss-reactive ketones (excluding diaryl/α,β-unsaturated/α-hetero) is 1. The van der Waals surface area contributed by atoms with Crippen LogP contribution < -0.4 is 9.47 Å². The summed E-state index contributed by atoms with van der Waals surface area (Å²) in [5.74, 6) is 1.82. The Balaban J connectivity index is 1.77. The van der Waals surface area contributed by atoms with Crippen molar-refractivity contribution in [1.82, 2.24) is 0 Å². The van der Waals surface area contributed by atoms with Gasteiger partial charge in [-0.1, -0.05) is 49.6 Å². The molecule has 0 spiro atoms. The van der Waals surface area contributed by atoms with Gasteiger partial charge in [0.1, 0.15) is 23.0 Å². The number of benzene rings is 2. The molecule has 3 heteroatoms. The lowest BCUT2D eigenvalue weighted by molar-refractivity contribution is -0.112. The lowest BCUT2D eigenvalue weighted by Crippen LogP contribution is -2.18. The topological polar surface area (TPSA) is 35.5 Å². The molecule has 4 rings (SSSR count). The largest absolute Gasteiger partial charge is 0.457 e. The van der Waals surface area contributed by atoms with Crippen LogP contribution in [0.2, 0.25) is 0 Å². The summed E-state index contributed by atoms with van der Waals surface area (Å²) in [4.78, 5) is 13.0. The van der Waals surface area contributed by atoms with Crippen LogP contribution in [-0.2, 0) is 4.79 Å². The first kappa shape index (κ1) is 14.3. The summed E-state index contributed by atoms with van der Waals surface area (Å²) in [6.07, 6.45) is 3.58. The van der Waals surface area contributed by atoms with Crippen LogP contribution in [0.25, 0.3) is 12.2 Å². The second-order valence-electron chi connectivity index (χ2n) is 5.57. The Hall–Kier alpha value is -3.33. The Morgan fingerprint density at radius 1 is 0.708 bits per heavy atom. The highest BCUT2D eigenvalue weighted by Gasteiger charge is 2.28. The average Bonchev–Trinajstić information content (AvgIpc) is 2.60. The van der Waals surface area contributed by atoms with E-state index in [1.807, 2.05) is 48.5 Å². The van der Waals surface area contributed by atoms with E-state index in [0.717, 1.165) is 11.1 Å². The summed E-state index contributed by atoms with van der Waals surface area (Å²) >= 11 is 0. The first-order chi connectivity index (χ1) is 11.6. The quantitative estimate of drug-likeness (QED) is 0.816. The fourth-order valence-electron chi connectivity index (χ4n) is 2.76. The third kappa shape index (κ3) is 2.27. The van der Waals surface area contributed by atoms with Gasteiger partial charge >= 0.3 is 0 Å². The summed E-state index contributed by atoms with van der Waals surface area (Å²) in [6.45, 7) is 7.74. The number of rotatable bonds is 2. The SMILES string of the molecule is C=C1Oc2ccccc2C=C1C(=O)C1=Cc2ccccc2OC1=C. The van der Waals surface area contributed by atoms with Gasteiger partial charge in [0.25, 0.3) is 0 Å². The lowest BCUT2D eigenvalue weighted by Gasteiger charge is -2.22. The Labute approximate surface area is 139 Å². The fraction of sp³-hybridized carbons (Fsp3) is 0. The maximum absolute atomic E-state index is 13.0. The minimum absolute atomic E-state index is 0.214. The zero-order valence-corrected chi connectivity index (χ0v) is 12.9. The van der Waals surface area contributed by atoms with Gasteiger partial charge in [0, 0.05) is 11.1 Å². The zero-order valence-electron chi connectivity index (χ0n) is 12.9. The molecule has 3 nitrogen and oxygen atoms in total. The highest BCUT2D eigenvalue weighted by molar-refractivity contribution is 6.18. The number of carbonyl (C=O) groups is 1. The minimum Gasteiger partial charge on any atom is -0.457 e. The van der Waals surface area contributed by atoms with E-state index in [1.165, 1.54) is 0 Å². The van der Waals surface area contributed by atoms with Gasteiger partial charge in [-0.25, -0.2) is 0 Å². The lowest BCUT2D eigenvalue weighted by atomic mass is 9.94. The number of allylic oxidation sites excluding steroid dienone is 2. The second kappa shape index (κ2) is 5.39. The zero-order chi connectivity index (χ0) is 16.7. The summed E-state index contributed by atoms with van der Waals surface area (Å²) in [5, 5.41) is 0. The predicted molar refractivity (Wildman–Crippen MR) is 93.4 cm³/mol. The molecule has 0 saturated carbocycles. The highest BCUT2D eigenvalue weighted by atomic mass is 16.5. The van der Waals surface area contributed by atoms with E-state index in [4.69, 9.17) is 9.47 Å². The molecule has 0 fully saturated rings. The molecule has 0 N–H and O–H groups in total. The molecular formula is C21H14O3. The van der Waals surface area contributed by atoms with Crippen LogP contribution in [0.3, 0.4) is 0 Å². The van der Waals surface area contributed by atoms with Gasteiger partial charge in [-0.3, -0.25) is 4.79 Å². The number of fused-ring (bicyclic) bond motifs is 2. The van der Waals surface area contributed by atoms with Crippen LogP contribution in [0.5, 0.6) is 11.5 Å². The minimum atomic E-state index is -0.214.